The minimum Gasteiger partial charge on any atom is -0.309 e. The van der Waals surface area contributed by atoms with E-state index in [2.05, 4.69) is 23.5 Å². The minimum absolute atomic E-state index is 0.466. The third-order valence-electron chi connectivity index (χ3n) is 4.70. The molecule has 3 rings (SSSR count). The molecule has 2 aromatic rings. The molecule has 2 aromatic heterocycles. The second-order valence-corrected chi connectivity index (χ2v) is 7.08. The molecule has 0 unspecified atom stereocenters. The Morgan fingerprint density at radius 2 is 1.95 bits per heavy atom. The van der Waals surface area contributed by atoms with E-state index in [1.165, 1.54) is 25.7 Å². The molecule has 0 aromatic carbocycles. The standard InChI is InChI=1S/C15H23ClN4/c1-10-13-14(19(4)18-10)20(12(9-16)17-13)11-5-7-15(2,3)8-6-11/h11H,5-9H2,1-4H3. The number of halogens is 1. The first-order valence-corrected chi connectivity index (χ1v) is 7.93. The van der Waals surface area contributed by atoms with Crippen LogP contribution in [-0.2, 0) is 12.9 Å². The number of imidazole rings is 1. The molecule has 0 bridgehead atoms. The molecular formula is C15H23ClN4. The van der Waals surface area contributed by atoms with Crippen LogP contribution >= 0.6 is 11.6 Å². The van der Waals surface area contributed by atoms with E-state index in [9.17, 15) is 0 Å². The van der Waals surface area contributed by atoms with Crippen LogP contribution in [0.15, 0.2) is 0 Å². The lowest BCUT2D eigenvalue weighted by atomic mass is 9.75. The predicted octanol–water partition coefficient (Wildman–Crippen LogP) is 3.96. The first kappa shape index (κ1) is 13.9. The molecule has 5 heteroatoms. The van der Waals surface area contributed by atoms with E-state index in [1.54, 1.807) is 0 Å². The average molecular weight is 295 g/mol. The maximum atomic E-state index is 6.13. The van der Waals surface area contributed by atoms with Crippen LogP contribution < -0.4 is 0 Å². The van der Waals surface area contributed by atoms with Crippen molar-refractivity contribution in [2.45, 2.75) is 58.4 Å². The Bertz CT molecular complexity index is 628. The van der Waals surface area contributed by atoms with Gasteiger partial charge in [-0.15, -0.1) is 11.6 Å². The van der Waals surface area contributed by atoms with Gasteiger partial charge < -0.3 is 4.57 Å². The van der Waals surface area contributed by atoms with Crippen molar-refractivity contribution < 1.29 is 0 Å². The molecule has 20 heavy (non-hydrogen) atoms. The van der Waals surface area contributed by atoms with E-state index in [0.717, 1.165) is 22.7 Å². The van der Waals surface area contributed by atoms with Crippen LogP contribution in [0.1, 0.15) is 57.1 Å². The van der Waals surface area contributed by atoms with E-state index >= 15 is 0 Å². The highest BCUT2D eigenvalue weighted by Gasteiger charge is 2.30. The number of aryl methyl sites for hydroxylation is 2. The van der Waals surface area contributed by atoms with Crippen LogP contribution in [0.4, 0.5) is 0 Å². The summed E-state index contributed by atoms with van der Waals surface area (Å²) in [4.78, 5) is 4.71. The molecule has 1 saturated carbocycles. The molecule has 0 aliphatic heterocycles. The number of fused-ring (bicyclic) bond motifs is 1. The highest BCUT2D eigenvalue weighted by Crippen LogP contribution is 2.41. The van der Waals surface area contributed by atoms with Gasteiger partial charge in [0.25, 0.3) is 0 Å². The van der Waals surface area contributed by atoms with E-state index < -0.39 is 0 Å². The van der Waals surface area contributed by atoms with Gasteiger partial charge in [-0.3, -0.25) is 4.68 Å². The Morgan fingerprint density at radius 3 is 2.55 bits per heavy atom. The Kier molecular flexibility index (Phi) is 3.32. The topological polar surface area (TPSA) is 35.6 Å². The van der Waals surface area contributed by atoms with Crippen molar-refractivity contribution in [2.75, 3.05) is 0 Å². The third-order valence-corrected chi connectivity index (χ3v) is 4.94. The van der Waals surface area contributed by atoms with Crippen molar-refractivity contribution in [3.8, 4) is 0 Å². The van der Waals surface area contributed by atoms with Crippen molar-refractivity contribution in [1.82, 2.24) is 19.3 Å². The van der Waals surface area contributed by atoms with Crippen molar-refractivity contribution in [2.24, 2.45) is 12.5 Å². The molecule has 0 spiro atoms. The molecule has 1 aliphatic rings. The SMILES string of the molecule is Cc1nn(C)c2c1nc(CCl)n2C1CCC(C)(C)CC1. The smallest absolute Gasteiger partial charge is 0.158 e. The Morgan fingerprint density at radius 1 is 1.30 bits per heavy atom. The zero-order chi connectivity index (χ0) is 14.5. The van der Waals surface area contributed by atoms with E-state index in [1.807, 2.05) is 18.7 Å². The zero-order valence-electron chi connectivity index (χ0n) is 12.8. The number of hydrogen-bond acceptors (Lipinski definition) is 2. The lowest BCUT2D eigenvalue weighted by Gasteiger charge is -2.35. The Hall–Kier alpha value is -1.03. The summed E-state index contributed by atoms with van der Waals surface area (Å²) in [6.07, 6.45) is 4.92. The molecule has 110 valence electrons. The monoisotopic (exact) mass is 294 g/mol. The van der Waals surface area contributed by atoms with Crippen LogP contribution in [0.2, 0.25) is 0 Å². The lowest BCUT2D eigenvalue weighted by Crippen LogP contribution is -2.24. The highest BCUT2D eigenvalue weighted by molar-refractivity contribution is 6.16. The molecule has 1 fully saturated rings. The van der Waals surface area contributed by atoms with Gasteiger partial charge in [0.05, 0.1) is 11.6 Å². The molecule has 0 saturated heterocycles. The summed E-state index contributed by atoms with van der Waals surface area (Å²) in [5.41, 5.74) is 3.60. The van der Waals surface area contributed by atoms with Crippen LogP contribution in [0.25, 0.3) is 11.2 Å². The van der Waals surface area contributed by atoms with Crippen molar-refractivity contribution in [3.05, 3.63) is 11.5 Å². The molecule has 1 aliphatic carbocycles. The fraction of sp³-hybridized carbons (Fsp3) is 0.733. The summed E-state index contributed by atoms with van der Waals surface area (Å²) in [5.74, 6) is 1.45. The van der Waals surface area contributed by atoms with Gasteiger partial charge in [-0.05, 0) is 38.0 Å². The van der Waals surface area contributed by atoms with Gasteiger partial charge in [0.2, 0.25) is 0 Å². The van der Waals surface area contributed by atoms with Crippen molar-refractivity contribution >= 4 is 22.8 Å². The normalized spacial score (nSPS) is 19.9. The zero-order valence-corrected chi connectivity index (χ0v) is 13.5. The van der Waals surface area contributed by atoms with Crippen LogP contribution in [0.5, 0.6) is 0 Å². The van der Waals surface area contributed by atoms with Gasteiger partial charge in [0, 0.05) is 13.1 Å². The van der Waals surface area contributed by atoms with E-state index in [4.69, 9.17) is 16.6 Å². The summed E-state index contributed by atoms with van der Waals surface area (Å²) < 4.78 is 4.30. The van der Waals surface area contributed by atoms with Gasteiger partial charge in [0.15, 0.2) is 5.65 Å². The number of hydrogen-bond donors (Lipinski definition) is 0. The fourth-order valence-electron chi connectivity index (χ4n) is 3.46. The van der Waals surface area contributed by atoms with Crippen LogP contribution in [-0.4, -0.2) is 19.3 Å². The van der Waals surface area contributed by atoms with Gasteiger partial charge in [-0.1, -0.05) is 13.8 Å². The number of aromatic nitrogens is 4. The largest absolute Gasteiger partial charge is 0.309 e. The summed E-state index contributed by atoms with van der Waals surface area (Å²) in [6, 6.07) is 0.511. The number of nitrogens with zero attached hydrogens (tertiary/aromatic N) is 4. The maximum absolute atomic E-state index is 6.13. The van der Waals surface area contributed by atoms with E-state index in [0.29, 0.717) is 17.3 Å². The number of rotatable bonds is 2. The molecule has 0 atom stereocenters. The van der Waals surface area contributed by atoms with Crippen molar-refractivity contribution in [1.29, 1.82) is 0 Å². The van der Waals surface area contributed by atoms with Crippen LogP contribution in [0, 0.1) is 12.3 Å². The molecule has 4 nitrogen and oxygen atoms in total. The fourth-order valence-corrected chi connectivity index (χ4v) is 3.65. The first-order valence-electron chi connectivity index (χ1n) is 7.39. The highest BCUT2D eigenvalue weighted by atomic mass is 35.5. The lowest BCUT2D eigenvalue weighted by molar-refractivity contribution is 0.193. The van der Waals surface area contributed by atoms with Gasteiger partial charge in [0.1, 0.15) is 11.3 Å². The Labute approximate surface area is 125 Å². The average Bonchev–Trinajstić information content (AvgIpc) is 2.89. The second kappa shape index (κ2) is 4.76. The Balaban J connectivity index is 2.06. The summed E-state index contributed by atoms with van der Waals surface area (Å²) in [7, 11) is 2.00. The summed E-state index contributed by atoms with van der Waals surface area (Å²) in [6.45, 7) is 6.74. The van der Waals surface area contributed by atoms with Gasteiger partial charge in [-0.2, -0.15) is 5.10 Å². The summed E-state index contributed by atoms with van der Waals surface area (Å²) >= 11 is 6.13. The summed E-state index contributed by atoms with van der Waals surface area (Å²) in [5, 5.41) is 4.50. The molecule has 0 amide bonds. The first-order chi connectivity index (χ1) is 9.43. The van der Waals surface area contributed by atoms with Gasteiger partial charge in [-0.25, -0.2) is 4.98 Å². The molecule has 2 heterocycles. The van der Waals surface area contributed by atoms with Gasteiger partial charge >= 0.3 is 0 Å². The second-order valence-electron chi connectivity index (χ2n) is 6.81. The molecule has 0 N–H and O–H groups in total. The molecular weight excluding hydrogens is 272 g/mol. The van der Waals surface area contributed by atoms with Crippen LogP contribution in [0.3, 0.4) is 0 Å². The van der Waals surface area contributed by atoms with Crippen molar-refractivity contribution in [3.63, 3.8) is 0 Å². The molecule has 0 radical (unpaired) electrons. The predicted molar refractivity (Wildman–Crippen MR) is 82.1 cm³/mol. The van der Waals surface area contributed by atoms with E-state index in [-0.39, 0.29) is 0 Å². The quantitative estimate of drug-likeness (QED) is 0.786. The minimum atomic E-state index is 0.466. The number of alkyl halides is 1. The maximum Gasteiger partial charge on any atom is 0.158 e. The third kappa shape index (κ3) is 2.14.